The molecule has 170 valence electrons. The first-order chi connectivity index (χ1) is 15.1. The second-order valence-electron chi connectivity index (χ2n) is 7.78. The van der Waals surface area contributed by atoms with E-state index in [1.165, 1.54) is 6.42 Å². The Morgan fingerprint density at radius 1 is 0.871 bits per heavy atom. The second-order valence-corrected chi connectivity index (χ2v) is 7.78. The van der Waals surface area contributed by atoms with Crippen molar-refractivity contribution in [2.24, 2.45) is 0 Å². The van der Waals surface area contributed by atoms with Crippen molar-refractivity contribution < 1.29 is 14.7 Å². The number of rotatable bonds is 17. The summed E-state index contributed by atoms with van der Waals surface area (Å²) in [6, 6.07) is 8.50. The van der Waals surface area contributed by atoms with E-state index in [1.807, 2.05) is 30.3 Å². The van der Waals surface area contributed by atoms with Crippen LogP contribution in [0.4, 0.5) is 0 Å². The summed E-state index contributed by atoms with van der Waals surface area (Å²) in [6.45, 7) is 2.19. The molecule has 1 rings (SSSR count). The van der Waals surface area contributed by atoms with Crippen LogP contribution in [-0.2, 0) is 16.0 Å². The summed E-state index contributed by atoms with van der Waals surface area (Å²) in [5.41, 5.74) is 0.905. The number of carbonyl (C=O) groups is 2. The molecule has 0 aliphatic carbocycles. The molecular weight excluding hydrogens is 386 g/mol. The molecule has 0 aliphatic rings. The molecule has 0 spiro atoms. The lowest BCUT2D eigenvalue weighted by molar-refractivity contribution is -0.141. The minimum atomic E-state index is -0.994. The van der Waals surface area contributed by atoms with Gasteiger partial charge >= 0.3 is 5.97 Å². The molecule has 1 atom stereocenters. The highest BCUT2D eigenvalue weighted by atomic mass is 16.4. The summed E-state index contributed by atoms with van der Waals surface area (Å²) in [5.74, 6) is -1.17. The lowest BCUT2D eigenvalue weighted by Crippen LogP contribution is -2.42. The molecule has 1 amide bonds. The van der Waals surface area contributed by atoms with Crippen LogP contribution in [0.25, 0.3) is 0 Å². The predicted octanol–water partition coefficient (Wildman–Crippen LogP) is 6.39. The van der Waals surface area contributed by atoms with Gasteiger partial charge in [0.15, 0.2) is 0 Å². The molecule has 1 aromatic carbocycles. The van der Waals surface area contributed by atoms with Crippen LogP contribution < -0.4 is 5.32 Å². The zero-order valence-corrected chi connectivity index (χ0v) is 19.0. The van der Waals surface area contributed by atoms with Gasteiger partial charge in [0, 0.05) is 12.8 Å². The summed E-state index contributed by atoms with van der Waals surface area (Å²) in [6.07, 6.45) is 23.4. The number of benzene rings is 1. The number of aliphatic carboxylic acids is 1. The van der Waals surface area contributed by atoms with Gasteiger partial charge in [0.2, 0.25) is 5.91 Å². The van der Waals surface area contributed by atoms with Crippen molar-refractivity contribution in [2.75, 3.05) is 0 Å². The van der Waals surface area contributed by atoms with Crippen molar-refractivity contribution >= 4 is 11.9 Å². The summed E-state index contributed by atoms with van der Waals surface area (Å²) in [7, 11) is 0. The van der Waals surface area contributed by atoms with Gasteiger partial charge in [-0.1, -0.05) is 93.0 Å². The third-order valence-corrected chi connectivity index (χ3v) is 4.94. The van der Waals surface area contributed by atoms with Crippen molar-refractivity contribution in [2.45, 2.75) is 83.6 Å². The number of unbranched alkanes of at least 4 members (excludes halogenated alkanes) is 5. The molecule has 0 radical (unpaired) electrons. The molecule has 31 heavy (non-hydrogen) atoms. The first kappa shape index (κ1) is 26.4. The first-order valence-electron chi connectivity index (χ1n) is 11.6. The predicted molar refractivity (Wildman–Crippen MR) is 129 cm³/mol. The smallest absolute Gasteiger partial charge is 0.326 e. The van der Waals surface area contributed by atoms with Crippen molar-refractivity contribution in [1.82, 2.24) is 5.32 Å². The summed E-state index contributed by atoms with van der Waals surface area (Å²) in [5, 5.41) is 12.0. The van der Waals surface area contributed by atoms with E-state index in [2.05, 4.69) is 48.7 Å². The van der Waals surface area contributed by atoms with Crippen LogP contribution in [0.2, 0.25) is 0 Å². The van der Waals surface area contributed by atoms with E-state index in [0.717, 1.165) is 56.9 Å². The quantitative estimate of drug-likeness (QED) is 0.224. The average Bonchev–Trinajstić information content (AvgIpc) is 2.76. The van der Waals surface area contributed by atoms with Gasteiger partial charge in [-0.15, -0.1) is 0 Å². The molecule has 0 bridgehead atoms. The monoisotopic (exact) mass is 425 g/mol. The third-order valence-electron chi connectivity index (χ3n) is 4.94. The number of carboxylic acids is 1. The van der Waals surface area contributed by atoms with E-state index in [9.17, 15) is 14.7 Å². The Labute approximate surface area is 188 Å². The number of allylic oxidation sites excluding steroid dienone is 6. The van der Waals surface area contributed by atoms with Crippen molar-refractivity contribution in [3.05, 3.63) is 72.4 Å². The van der Waals surface area contributed by atoms with Crippen LogP contribution in [0.1, 0.15) is 76.7 Å². The van der Waals surface area contributed by atoms with Crippen LogP contribution in [0.3, 0.4) is 0 Å². The molecule has 1 unspecified atom stereocenters. The largest absolute Gasteiger partial charge is 0.480 e. The SMILES string of the molecule is CCC/C=C\C/C=C\C/C=C\CCCCCCC(=O)NC(Cc1ccccc1)C(=O)O. The van der Waals surface area contributed by atoms with Gasteiger partial charge in [-0.2, -0.15) is 0 Å². The highest BCUT2D eigenvalue weighted by molar-refractivity contribution is 5.83. The molecule has 0 aromatic heterocycles. The lowest BCUT2D eigenvalue weighted by Gasteiger charge is -2.14. The minimum absolute atomic E-state index is 0.181. The van der Waals surface area contributed by atoms with E-state index >= 15 is 0 Å². The first-order valence-corrected chi connectivity index (χ1v) is 11.6. The topological polar surface area (TPSA) is 66.4 Å². The highest BCUT2D eigenvalue weighted by Crippen LogP contribution is 2.08. The van der Waals surface area contributed by atoms with Crippen LogP contribution in [0.15, 0.2) is 66.8 Å². The Morgan fingerprint density at radius 2 is 1.48 bits per heavy atom. The van der Waals surface area contributed by atoms with Crippen LogP contribution in [-0.4, -0.2) is 23.0 Å². The van der Waals surface area contributed by atoms with Crippen LogP contribution in [0, 0.1) is 0 Å². The number of carbonyl (C=O) groups excluding carboxylic acids is 1. The Kier molecular flexibility index (Phi) is 15.5. The van der Waals surface area contributed by atoms with E-state index in [-0.39, 0.29) is 5.91 Å². The van der Waals surface area contributed by atoms with Gasteiger partial charge in [-0.3, -0.25) is 4.79 Å². The lowest BCUT2D eigenvalue weighted by atomic mass is 10.1. The average molecular weight is 426 g/mol. The Morgan fingerprint density at radius 3 is 2.13 bits per heavy atom. The maximum absolute atomic E-state index is 12.1. The Bertz CT molecular complexity index is 692. The van der Waals surface area contributed by atoms with Crippen LogP contribution in [0.5, 0.6) is 0 Å². The van der Waals surface area contributed by atoms with Gasteiger partial charge < -0.3 is 10.4 Å². The molecular formula is C27H39NO3. The Hall–Kier alpha value is -2.62. The number of carboxylic acid groups (broad SMARTS) is 1. The maximum Gasteiger partial charge on any atom is 0.326 e. The maximum atomic E-state index is 12.1. The molecule has 0 saturated heterocycles. The third kappa shape index (κ3) is 14.9. The standard InChI is InChI=1S/C27H39NO3/c1-2-3-4-5-6-7-8-9-10-11-12-13-14-15-19-22-26(29)28-25(27(30)31)23-24-20-17-16-18-21-24/h4-5,7-8,10-11,16-18,20-21,25H,2-3,6,9,12-15,19,22-23H2,1H3,(H,28,29)(H,30,31)/b5-4-,8-7-,11-10-. The van der Waals surface area contributed by atoms with E-state index in [0.29, 0.717) is 12.8 Å². The molecule has 0 heterocycles. The molecule has 0 fully saturated rings. The highest BCUT2D eigenvalue weighted by Gasteiger charge is 2.19. The van der Waals surface area contributed by atoms with Gasteiger partial charge in [0.05, 0.1) is 0 Å². The van der Waals surface area contributed by atoms with Gasteiger partial charge in [-0.25, -0.2) is 4.79 Å². The number of amides is 1. The number of hydrogen-bond acceptors (Lipinski definition) is 2. The summed E-state index contributed by atoms with van der Waals surface area (Å²) in [4.78, 5) is 23.5. The summed E-state index contributed by atoms with van der Waals surface area (Å²) >= 11 is 0. The fourth-order valence-electron chi connectivity index (χ4n) is 3.16. The fraction of sp³-hybridized carbons (Fsp3) is 0.481. The molecule has 0 saturated carbocycles. The molecule has 2 N–H and O–H groups in total. The Balaban J connectivity index is 2.06. The van der Waals surface area contributed by atoms with Gasteiger partial charge in [0.25, 0.3) is 0 Å². The van der Waals surface area contributed by atoms with Crippen molar-refractivity contribution in [1.29, 1.82) is 0 Å². The van der Waals surface area contributed by atoms with Gasteiger partial charge in [-0.05, 0) is 44.1 Å². The number of hydrogen-bond donors (Lipinski definition) is 2. The molecule has 0 aliphatic heterocycles. The van der Waals surface area contributed by atoms with Crippen LogP contribution >= 0.6 is 0 Å². The summed E-state index contributed by atoms with van der Waals surface area (Å²) < 4.78 is 0. The minimum Gasteiger partial charge on any atom is -0.480 e. The zero-order chi connectivity index (χ0) is 22.6. The van der Waals surface area contributed by atoms with E-state index in [4.69, 9.17) is 0 Å². The van der Waals surface area contributed by atoms with Crippen molar-refractivity contribution in [3.8, 4) is 0 Å². The molecule has 4 heteroatoms. The fourth-order valence-corrected chi connectivity index (χ4v) is 3.16. The van der Waals surface area contributed by atoms with E-state index in [1.54, 1.807) is 0 Å². The van der Waals surface area contributed by atoms with E-state index < -0.39 is 12.0 Å². The zero-order valence-electron chi connectivity index (χ0n) is 19.0. The van der Waals surface area contributed by atoms with Crippen molar-refractivity contribution in [3.63, 3.8) is 0 Å². The normalized spacial score (nSPS) is 12.7. The molecule has 1 aromatic rings. The second kappa shape index (κ2) is 18.2. The number of nitrogens with one attached hydrogen (secondary N) is 1. The molecule has 4 nitrogen and oxygen atoms in total. The van der Waals surface area contributed by atoms with Gasteiger partial charge in [0.1, 0.15) is 6.04 Å².